The van der Waals surface area contributed by atoms with E-state index in [1.807, 2.05) is 29.8 Å². The summed E-state index contributed by atoms with van der Waals surface area (Å²) < 4.78 is 13.0. The van der Waals surface area contributed by atoms with Crippen LogP contribution in [0.4, 0.5) is 5.69 Å². The van der Waals surface area contributed by atoms with E-state index in [9.17, 15) is 4.79 Å². The van der Waals surface area contributed by atoms with E-state index in [-0.39, 0.29) is 17.7 Å². The first-order valence-electron chi connectivity index (χ1n) is 13.6. The minimum Gasteiger partial charge on any atom is -0.497 e. The molecule has 0 unspecified atom stereocenters. The van der Waals surface area contributed by atoms with E-state index in [0.717, 1.165) is 79.1 Å². The average Bonchev–Trinajstić information content (AvgIpc) is 3.63. The number of anilines is 1. The number of hydrogen-bond donors (Lipinski definition) is 1. The third-order valence-electron chi connectivity index (χ3n) is 7.94. The van der Waals surface area contributed by atoms with Crippen molar-refractivity contribution in [2.75, 3.05) is 44.8 Å². The lowest BCUT2D eigenvalue weighted by atomic mass is 10.00. The molecule has 1 N–H and O–H groups in total. The summed E-state index contributed by atoms with van der Waals surface area (Å²) in [7, 11) is 1.68. The summed E-state index contributed by atoms with van der Waals surface area (Å²) in [5.74, 6) is 1.52. The zero-order valence-corrected chi connectivity index (χ0v) is 22.8. The number of tetrazole rings is 1. The SMILES string of the molecule is COc1ccc(N2CCN([C@H](c3cc4cc(C)cc(C)c4[nH]c3=O)c3nnnn3C[C@@H]3CCCO3)CC2)cc1. The largest absolute Gasteiger partial charge is 0.497 e. The molecular formula is C29H35N7O3. The number of ether oxygens (including phenoxy) is 2. The molecule has 2 aromatic carbocycles. The second-order valence-corrected chi connectivity index (χ2v) is 10.6. The number of piperazine rings is 1. The number of fused-ring (bicyclic) bond motifs is 1. The number of pyridine rings is 1. The van der Waals surface area contributed by atoms with E-state index in [4.69, 9.17) is 9.47 Å². The van der Waals surface area contributed by atoms with Gasteiger partial charge >= 0.3 is 0 Å². The van der Waals surface area contributed by atoms with Crippen LogP contribution in [0.1, 0.15) is 41.4 Å². The Hall–Kier alpha value is -3.76. The molecule has 39 heavy (non-hydrogen) atoms. The number of hydrogen-bond acceptors (Lipinski definition) is 8. The van der Waals surface area contributed by atoms with Crippen LogP contribution in [0.2, 0.25) is 0 Å². The summed E-state index contributed by atoms with van der Waals surface area (Å²) in [5.41, 5.74) is 4.80. The Morgan fingerprint density at radius 2 is 1.90 bits per heavy atom. The fourth-order valence-electron chi connectivity index (χ4n) is 5.96. The molecule has 2 aliphatic rings. The van der Waals surface area contributed by atoms with Crippen molar-refractivity contribution >= 4 is 16.6 Å². The molecule has 0 amide bonds. The highest BCUT2D eigenvalue weighted by Crippen LogP contribution is 2.30. The third kappa shape index (κ3) is 5.14. The molecule has 0 aliphatic carbocycles. The Balaban J connectivity index is 1.36. The standard InChI is InChI=1S/C29H35N7O3/c1-19-15-20(2)26-21(16-19)17-25(29(37)30-26)27(28-31-32-33-36(28)18-24-5-4-14-39-24)35-12-10-34(11-13-35)22-6-8-23(38-3)9-7-22/h6-9,15-17,24,27H,4-5,10-14,18H2,1-3H3,(H,30,37)/t24-,27+/m0/s1. The van der Waals surface area contributed by atoms with Gasteiger partial charge in [0.1, 0.15) is 11.8 Å². The highest BCUT2D eigenvalue weighted by atomic mass is 16.5. The molecule has 0 saturated carbocycles. The van der Waals surface area contributed by atoms with E-state index in [0.29, 0.717) is 17.9 Å². The third-order valence-corrected chi connectivity index (χ3v) is 7.94. The van der Waals surface area contributed by atoms with Crippen LogP contribution in [0.15, 0.2) is 47.3 Å². The lowest BCUT2D eigenvalue weighted by Crippen LogP contribution is -2.49. The first-order chi connectivity index (χ1) is 19.0. The van der Waals surface area contributed by atoms with E-state index < -0.39 is 0 Å². The Bertz CT molecular complexity index is 1500. The van der Waals surface area contributed by atoms with Crippen LogP contribution in [0.5, 0.6) is 5.75 Å². The van der Waals surface area contributed by atoms with Gasteiger partial charge in [0.15, 0.2) is 5.82 Å². The lowest BCUT2D eigenvalue weighted by Gasteiger charge is -2.39. The van der Waals surface area contributed by atoms with Crippen LogP contribution in [0, 0.1) is 13.8 Å². The Morgan fingerprint density at radius 3 is 2.62 bits per heavy atom. The number of nitrogens with one attached hydrogen (secondary N) is 1. The molecule has 0 bridgehead atoms. The molecule has 4 heterocycles. The molecule has 0 spiro atoms. The predicted molar refractivity (Wildman–Crippen MR) is 149 cm³/mol. The van der Waals surface area contributed by atoms with E-state index in [1.54, 1.807) is 7.11 Å². The van der Waals surface area contributed by atoms with Gasteiger partial charge in [0.05, 0.1) is 25.3 Å². The highest BCUT2D eigenvalue weighted by Gasteiger charge is 2.33. The molecule has 204 valence electrons. The first-order valence-corrected chi connectivity index (χ1v) is 13.6. The van der Waals surface area contributed by atoms with Crippen molar-refractivity contribution in [3.8, 4) is 5.75 Å². The van der Waals surface area contributed by atoms with Crippen molar-refractivity contribution in [1.29, 1.82) is 0 Å². The van der Waals surface area contributed by atoms with Gasteiger partial charge in [0, 0.05) is 44.0 Å². The maximum atomic E-state index is 13.6. The topological polar surface area (TPSA) is 101 Å². The minimum absolute atomic E-state index is 0.0833. The Labute approximate surface area is 227 Å². The first kappa shape index (κ1) is 25.5. The van der Waals surface area contributed by atoms with Gasteiger partial charge in [0.2, 0.25) is 0 Å². The fraction of sp³-hybridized carbons (Fsp3) is 0.448. The van der Waals surface area contributed by atoms with Crippen LogP contribution in [-0.4, -0.2) is 76.1 Å². The number of aromatic nitrogens is 5. The molecule has 2 atom stereocenters. The normalized spacial score (nSPS) is 19.1. The van der Waals surface area contributed by atoms with Gasteiger partial charge in [-0.15, -0.1) is 5.10 Å². The summed E-state index contributed by atoms with van der Waals surface area (Å²) in [5, 5.41) is 13.9. The summed E-state index contributed by atoms with van der Waals surface area (Å²) >= 11 is 0. The second-order valence-electron chi connectivity index (χ2n) is 10.6. The molecule has 4 aromatic rings. The van der Waals surface area contributed by atoms with Gasteiger partial charge in [-0.2, -0.15) is 0 Å². The van der Waals surface area contributed by atoms with E-state index >= 15 is 0 Å². The Morgan fingerprint density at radius 1 is 1.10 bits per heavy atom. The van der Waals surface area contributed by atoms with Gasteiger partial charge in [0.25, 0.3) is 5.56 Å². The molecule has 2 saturated heterocycles. The van der Waals surface area contributed by atoms with Gasteiger partial charge < -0.3 is 19.4 Å². The van der Waals surface area contributed by atoms with Crippen molar-refractivity contribution in [3.05, 3.63) is 75.3 Å². The lowest BCUT2D eigenvalue weighted by molar-refractivity contribution is 0.0906. The van der Waals surface area contributed by atoms with E-state index in [1.165, 1.54) is 0 Å². The van der Waals surface area contributed by atoms with Crippen molar-refractivity contribution < 1.29 is 9.47 Å². The van der Waals surface area contributed by atoms with Gasteiger partial charge in [-0.1, -0.05) is 11.6 Å². The number of nitrogens with zero attached hydrogens (tertiary/aromatic N) is 6. The van der Waals surface area contributed by atoms with Crippen LogP contribution in [0.3, 0.4) is 0 Å². The quantitative estimate of drug-likeness (QED) is 0.390. The molecule has 2 aliphatic heterocycles. The van der Waals surface area contributed by atoms with E-state index in [2.05, 4.69) is 61.5 Å². The molecule has 2 aromatic heterocycles. The number of H-pyrrole nitrogens is 1. The van der Waals surface area contributed by atoms with Crippen molar-refractivity contribution in [2.45, 2.75) is 45.4 Å². The predicted octanol–water partition coefficient (Wildman–Crippen LogP) is 3.23. The number of aryl methyl sites for hydroxylation is 2. The summed E-state index contributed by atoms with van der Waals surface area (Å²) in [6.45, 7) is 8.61. The summed E-state index contributed by atoms with van der Waals surface area (Å²) in [6.07, 6.45) is 2.11. The highest BCUT2D eigenvalue weighted by molar-refractivity contribution is 5.83. The zero-order chi connectivity index (χ0) is 26.9. The van der Waals surface area contributed by atoms with Gasteiger partial charge in [-0.05, 0) is 84.5 Å². The number of benzene rings is 2. The smallest absolute Gasteiger partial charge is 0.253 e. The molecule has 0 radical (unpaired) electrons. The van der Waals surface area contributed by atoms with Crippen LogP contribution in [0.25, 0.3) is 10.9 Å². The molecule has 2 fully saturated rings. The monoisotopic (exact) mass is 529 g/mol. The molecule has 6 rings (SSSR count). The molecule has 10 heteroatoms. The van der Waals surface area contributed by atoms with Crippen LogP contribution in [-0.2, 0) is 11.3 Å². The number of methoxy groups -OCH3 is 1. The number of aromatic amines is 1. The second kappa shape index (κ2) is 10.8. The zero-order valence-electron chi connectivity index (χ0n) is 22.8. The fourth-order valence-corrected chi connectivity index (χ4v) is 5.96. The number of rotatable bonds is 7. The summed E-state index contributed by atoms with van der Waals surface area (Å²) in [4.78, 5) is 21.5. The molecule has 10 nitrogen and oxygen atoms in total. The van der Waals surface area contributed by atoms with Crippen LogP contribution >= 0.6 is 0 Å². The van der Waals surface area contributed by atoms with Gasteiger partial charge in [-0.3, -0.25) is 9.69 Å². The average molecular weight is 530 g/mol. The van der Waals surface area contributed by atoms with Crippen LogP contribution < -0.4 is 15.2 Å². The minimum atomic E-state index is -0.381. The Kier molecular flexibility index (Phi) is 7.05. The maximum absolute atomic E-state index is 13.6. The van der Waals surface area contributed by atoms with Crippen molar-refractivity contribution in [1.82, 2.24) is 30.1 Å². The van der Waals surface area contributed by atoms with Crippen molar-refractivity contribution in [2.24, 2.45) is 0 Å². The molecular weight excluding hydrogens is 494 g/mol. The maximum Gasteiger partial charge on any atom is 0.253 e. The van der Waals surface area contributed by atoms with Gasteiger partial charge in [-0.25, -0.2) is 4.68 Å². The summed E-state index contributed by atoms with van der Waals surface area (Å²) in [6, 6.07) is 14.0. The van der Waals surface area contributed by atoms with Crippen molar-refractivity contribution in [3.63, 3.8) is 0 Å².